The fraction of sp³-hybridized carbons (Fsp3) is 0.294. The molecule has 0 aliphatic carbocycles. The molecule has 0 aliphatic rings. The van der Waals surface area contributed by atoms with Crippen LogP contribution in [0.15, 0.2) is 47.5 Å². The van der Waals surface area contributed by atoms with Crippen LogP contribution in [0, 0.1) is 5.82 Å². The summed E-state index contributed by atoms with van der Waals surface area (Å²) >= 11 is 0. The Morgan fingerprint density at radius 3 is 2.60 bits per heavy atom. The van der Waals surface area contributed by atoms with E-state index in [9.17, 15) is 12.8 Å². The summed E-state index contributed by atoms with van der Waals surface area (Å²) in [5.41, 5.74) is 1.60. The van der Waals surface area contributed by atoms with Crippen molar-refractivity contribution in [3.05, 3.63) is 54.1 Å². The lowest BCUT2D eigenvalue weighted by Gasteiger charge is -2.12. The standard InChI is InChI=1S/C17H19FN4O2S/c1-12(2)15-11-17(22-16(21-15)7-8-20-22)19-9-10-25(23,24)14-5-3-13(18)4-6-14/h3-8,11-12,19H,9-10H2,1-2H3. The van der Waals surface area contributed by atoms with E-state index in [1.807, 2.05) is 19.9 Å². The van der Waals surface area contributed by atoms with Gasteiger partial charge in [-0.05, 0) is 30.2 Å². The van der Waals surface area contributed by atoms with Gasteiger partial charge < -0.3 is 5.32 Å². The maximum atomic E-state index is 12.9. The maximum absolute atomic E-state index is 12.9. The van der Waals surface area contributed by atoms with Gasteiger partial charge in [-0.2, -0.15) is 9.61 Å². The minimum Gasteiger partial charge on any atom is -0.369 e. The van der Waals surface area contributed by atoms with Gasteiger partial charge in [-0.3, -0.25) is 0 Å². The summed E-state index contributed by atoms with van der Waals surface area (Å²) in [7, 11) is -3.49. The molecule has 1 N–H and O–H groups in total. The highest BCUT2D eigenvalue weighted by molar-refractivity contribution is 7.91. The van der Waals surface area contributed by atoms with Crippen molar-refractivity contribution in [1.82, 2.24) is 14.6 Å². The summed E-state index contributed by atoms with van der Waals surface area (Å²) in [4.78, 5) is 4.62. The molecule has 0 atom stereocenters. The lowest BCUT2D eigenvalue weighted by molar-refractivity contribution is 0.595. The third kappa shape index (κ3) is 3.79. The molecule has 0 amide bonds. The second-order valence-corrected chi connectivity index (χ2v) is 8.13. The zero-order chi connectivity index (χ0) is 18.0. The number of rotatable bonds is 6. The molecule has 0 saturated carbocycles. The molecule has 8 heteroatoms. The molecule has 0 bridgehead atoms. The molecule has 2 aromatic heterocycles. The third-order valence-corrected chi connectivity index (χ3v) is 5.55. The van der Waals surface area contributed by atoms with Gasteiger partial charge in [0, 0.05) is 24.4 Å². The van der Waals surface area contributed by atoms with E-state index < -0.39 is 15.7 Å². The molecule has 0 aliphatic heterocycles. The molecule has 3 rings (SSSR count). The Balaban J connectivity index is 1.76. The molecule has 0 spiro atoms. The first-order chi connectivity index (χ1) is 11.9. The first-order valence-electron chi connectivity index (χ1n) is 7.94. The van der Waals surface area contributed by atoms with Crippen LogP contribution in [0.25, 0.3) is 5.65 Å². The normalized spacial score (nSPS) is 12.0. The van der Waals surface area contributed by atoms with E-state index in [0.717, 1.165) is 17.8 Å². The van der Waals surface area contributed by atoms with Crippen LogP contribution in [-0.2, 0) is 9.84 Å². The van der Waals surface area contributed by atoms with Gasteiger partial charge in [0.1, 0.15) is 11.6 Å². The quantitative estimate of drug-likeness (QED) is 0.683. The molecule has 0 saturated heterocycles. The molecule has 132 valence electrons. The zero-order valence-electron chi connectivity index (χ0n) is 14.0. The van der Waals surface area contributed by atoms with E-state index in [1.165, 1.54) is 12.1 Å². The van der Waals surface area contributed by atoms with Gasteiger partial charge in [0.05, 0.1) is 16.8 Å². The van der Waals surface area contributed by atoms with E-state index in [0.29, 0.717) is 11.5 Å². The van der Waals surface area contributed by atoms with Crippen molar-refractivity contribution >= 4 is 21.3 Å². The number of sulfone groups is 1. The van der Waals surface area contributed by atoms with Crippen LogP contribution in [0.3, 0.4) is 0 Å². The third-order valence-electron chi connectivity index (χ3n) is 3.82. The Bertz CT molecular complexity index is 982. The first-order valence-corrected chi connectivity index (χ1v) is 9.59. The minimum absolute atomic E-state index is 0.109. The van der Waals surface area contributed by atoms with E-state index in [4.69, 9.17) is 0 Å². The van der Waals surface area contributed by atoms with Crippen molar-refractivity contribution in [2.75, 3.05) is 17.6 Å². The number of nitrogens with one attached hydrogen (secondary N) is 1. The van der Waals surface area contributed by atoms with E-state index in [1.54, 1.807) is 16.8 Å². The molecule has 0 unspecified atom stereocenters. The summed E-state index contributed by atoms with van der Waals surface area (Å²) < 4.78 is 39.2. The second kappa shape index (κ2) is 6.79. The highest BCUT2D eigenvalue weighted by Gasteiger charge is 2.15. The summed E-state index contributed by atoms with van der Waals surface area (Å²) in [6, 6.07) is 8.51. The Morgan fingerprint density at radius 1 is 1.20 bits per heavy atom. The average Bonchev–Trinajstić information content (AvgIpc) is 3.03. The van der Waals surface area contributed by atoms with Crippen molar-refractivity contribution in [3.8, 4) is 0 Å². The van der Waals surface area contributed by atoms with Gasteiger partial charge in [0.15, 0.2) is 15.5 Å². The molecular formula is C17H19FN4O2S. The number of anilines is 1. The Morgan fingerprint density at radius 2 is 1.92 bits per heavy atom. The molecule has 6 nitrogen and oxygen atoms in total. The summed E-state index contributed by atoms with van der Waals surface area (Å²) in [6.07, 6.45) is 1.65. The summed E-state index contributed by atoms with van der Waals surface area (Å²) in [5, 5.41) is 7.32. The molecule has 3 aromatic rings. The molecule has 0 radical (unpaired) electrons. The van der Waals surface area contributed by atoms with Gasteiger partial charge in [-0.1, -0.05) is 13.8 Å². The van der Waals surface area contributed by atoms with Crippen molar-refractivity contribution in [3.63, 3.8) is 0 Å². The minimum atomic E-state index is -3.49. The monoisotopic (exact) mass is 362 g/mol. The number of halogens is 1. The topological polar surface area (TPSA) is 76.4 Å². The van der Waals surface area contributed by atoms with Crippen LogP contribution in [-0.4, -0.2) is 35.3 Å². The van der Waals surface area contributed by atoms with Crippen LogP contribution in [0.5, 0.6) is 0 Å². The van der Waals surface area contributed by atoms with Gasteiger partial charge in [0.2, 0.25) is 0 Å². The van der Waals surface area contributed by atoms with Gasteiger partial charge in [-0.15, -0.1) is 0 Å². The number of benzene rings is 1. The number of hydrogen-bond acceptors (Lipinski definition) is 5. The van der Waals surface area contributed by atoms with Crippen molar-refractivity contribution in [1.29, 1.82) is 0 Å². The van der Waals surface area contributed by atoms with Crippen LogP contribution >= 0.6 is 0 Å². The lowest BCUT2D eigenvalue weighted by atomic mass is 10.1. The Labute approximate surface area is 145 Å². The van der Waals surface area contributed by atoms with Crippen molar-refractivity contribution < 1.29 is 12.8 Å². The van der Waals surface area contributed by atoms with Gasteiger partial charge >= 0.3 is 0 Å². The molecular weight excluding hydrogens is 343 g/mol. The fourth-order valence-corrected chi connectivity index (χ4v) is 3.58. The highest BCUT2D eigenvalue weighted by Crippen LogP contribution is 2.19. The van der Waals surface area contributed by atoms with E-state index in [-0.39, 0.29) is 23.1 Å². The smallest absolute Gasteiger partial charge is 0.180 e. The fourth-order valence-electron chi connectivity index (χ4n) is 2.43. The first kappa shape index (κ1) is 17.3. The number of aromatic nitrogens is 3. The van der Waals surface area contributed by atoms with Crippen molar-refractivity contribution in [2.24, 2.45) is 0 Å². The predicted octanol–water partition coefficient (Wildman–Crippen LogP) is 2.88. The van der Waals surface area contributed by atoms with Crippen molar-refractivity contribution in [2.45, 2.75) is 24.7 Å². The molecule has 25 heavy (non-hydrogen) atoms. The lowest BCUT2D eigenvalue weighted by Crippen LogP contribution is -2.18. The summed E-state index contributed by atoms with van der Waals surface area (Å²) in [6.45, 7) is 4.28. The average molecular weight is 362 g/mol. The van der Waals surface area contributed by atoms with Crippen LogP contribution < -0.4 is 5.32 Å². The molecule has 1 aromatic carbocycles. The van der Waals surface area contributed by atoms with Gasteiger partial charge in [0.25, 0.3) is 0 Å². The number of hydrogen-bond donors (Lipinski definition) is 1. The maximum Gasteiger partial charge on any atom is 0.180 e. The zero-order valence-corrected chi connectivity index (χ0v) is 14.8. The number of fused-ring (bicyclic) bond motifs is 1. The molecule has 0 fully saturated rings. The van der Waals surface area contributed by atoms with Crippen LogP contribution in [0.1, 0.15) is 25.5 Å². The SMILES string of the molecule is CC(C)c1cc(NCCS(=O)(=O)c2ccc(F)cc2)n2nccc2n1. The number of nitrogens with zero attached hydrogens (tertiary/aromatic N) is 3. The second-order valence-electron chi connectivity index (χ2n) is 6.02. The predicted molar refractivity (Wildman–Crippen MR) is 94.0 cm³/mol. The largest absolute Gasteiger partial charge is 0.369 e. The van der Waals surface area contributed by atoms with Crippen LogP contribution in [0.4, 0.5) is 10.2 Å². The Hall–Kier alpha value is -2.48. The summed E-state index contributed by atoms with van der Waals surface area (Å²) in [5.74, 6) is 0.355. The van der Waals surface area contributed by atoms with E-state index >= 15 is 0 Å². The van der Waals surface area contributed by atoms with Gasteiger partial charge in [-0.25, -0.2) is 17.8 Å². The van der Waals surface area contributed by atoms with Crippen LogP contribution in [0.2, 0.25) is 0 Å². The van der Waals surface area contributed by atoms with E-state index in [2.05, 4.69) is 15.4 Å². The highest BCUT2D eigenvalue weighted by atomic mass is 32.2. The molecule has 2 heterocycles. The Kier molecular flexibility index (Phi) is 4.71.